The first kappa shape index (κ1) is 28.7. The molecule has 8 heteroatoms. The molecule has 210 valence electrons. The SMILES string of the molecule is CC(=O)O[C@H]1C[C@@H]2C(=O)C=C3[C@@H](CC[C@@]4(C)[C@H]([C@](C)(O)[C@@H](O)CCC(C)(C)O)CC[C@]34O)[C@]2(C)C[C@H]1O. The van der Waals surface area contributed by atoms with E-state index in [0.29, 0.717) is 44.1 Å². The van der Waals surface area contributed by atoms with Gasteiger partial charge in [-0.2, -0.15) is 0 Å². The first-order chi connectivity index (χ1) is 16.9. The van der Waals surface area contributed by atoms with Crippen LogP contribution < -0.4 is 0 Å². The molecular weight excluding hydrogens is 476 g/mol. The third-order valence-corrected chi connectivity index (χ3v) is 10.8. The lowest BCUT2D eigenvalue weighted by atomic mass is 9.45. The van der Waals surface area contributed by atoms with E-state index >= 15 is 0 Å². The molecule has 0 aliphatic heterocycles. The maximum absolute atomic E-state index is 13.5. The van der Waals surface area contributed by atoms with E-state index < -0.39 is 63.8 Å². The molecule has 0 aromatic rings. The quantitative estimate of drug-likeness (QED) is 0.335. The van der Waals surface area contributed by atoms with Gasteiger partial charge in [0.15, 0.2) is 5.78 Å². The van der Waals surface area contributed by atoms with Gasteiger partial charge < -0.3 is 30.3 Å². The van der Waals surface area contributed by atoms with Gasteiger partial charge in [0.2, 0.25) is 0 Å². The van der Waals surface area contributed by atoms with Crippen molar-refractivity contribution in [2.75, 3.05) is 0 Å². The molecule has 3 fully saturated rings. The molecule has 0 radical (unpaired) electrons. The molecule has 0 bridgehead atoms. The van der Waals surface area contributed by atoms with Gasteiger partial charge >= 0.3 is 5.97 Å². The van der Waals surface area contributed by atoms with E-state index in [9.17, 15) is 35.1 Å². The number of fused-ring (bicyclic) bond motifs is 5. The van der Waals surface area contributed by atoms with Crippen LogP contribution in [0.1, 0.15) is 92.9 Å². The molecule has 0 aromatic heterocycles. The summed E-state index contributed by atoms with van der Waals surface area (Å²) >= 11 is 0. The molecule has 0 spiro atoms. The number of aliphatic hydroxyl groups is 5. The minimum atomic E-state index is -1.48. The van der Waals surface area contributed by atoms with Gasteiger partial charge in [0.05, 0.1) is 29.0 Å². The Morgan fingerprint density at radius 3 is 2.41 bits per heavy atom. The molecule has 4 rings (SSSR count). The van der Waals surface area contributed by atoms with Gasteiger partial charge in [-0.25, -0.2) is 0 Å². The van der Waals surface area contributed by atoms with Gasteiger partial charge in [-0.3, -0.25) is 9.59 Å². The van der Waals surface area contributed by atoms with Crippen molar-refractivity contribution in [3.05, 3.63) is 11.6 Å². The highest BCUT2D eigenvalue weighted by Gasteiger charge is 2.69. The topological polar surface area (TPSA) is 145 Å². The average Bonchev–Trinajstić information content (AvgIpc) is 3.05. The predicted molar refractivity (Wildman–Crippen MR) is 136 cm³/mol. The van der Waals surface area contributed by atoms with Crippen LogP contribution in [0, 0.1) is 28.6 Å². The highest BCUT2D eigenvalue weighted by molar-refractivity contribution is 5.95. The number of carbonyl (C=O) groups is 2. The van der Waals surface area contributed by atoms with Gasteiger partial charge in [-0.05, 0) is 101 Å². The summed E-state index contributed by atoms with van der Waals surface area (Å²) in [5, 5.41) is 55.9. The van der Waals surface area contributed by atoms with E-state index in [1.807, 2.05) is 13.8 Å². The summed E-state index contributed by atoms with van der Waals surface area (Å²) in [6, 6.07) is 0. The van der Waals surface area contributed by atoms with Crippen LogP contribution in [0.4, 0.5) is 0 Å². The largest absolute Gasteiger partial charge is 0.460 e. The number of carbonyl (C=O) groups excluding carboxylic acids is 2. The van der Waals surface area contributed by atoms with Crippen molar-refractivity contribution in [1.82, 2.24) is 0 Å². The van der Waals surface area contributed by atoms with Crippen molar-refractivity contribution in [3.63, 3.8) is 0 Å². The second-order valence-electron chi connectivity index (χ2n) is 13.8. The standard InChI is InChI=1S/C29H46O8/c1-16(30)37-22-14-19-20(31)13-18-17(26(19,4)15-21(22)32)7-11-27(5)23(8-12-29(18,27)36)28(6,35)24(33)9-10-25(2,3)34/h13,17,19,21-24,32-36H,7-12,14-15H2,1-6H3/t17-,19-,21-,22+,23-,24+,26+,27+,28+,29+/m1/s1. The molecule has 5 N–H and O–H groups in total. The minimum absolute atomic E-state index is 0.115. The lowest BCUT2D eigenvalue weighted by Gasteiger charge is -2.60. The van der Waals surface area contributed by atoms with Crippen LogP contribution in [0.5, 0.6) is 0 Å². The molecule has 10 atom stereocenters. The summed E-state index contributed by atoms with van der Waals surface area (Å²) in [6.45, 7) is 10.2. The van der Waals surface area contributed by atoms with Gasteiger partial charge in [0, 0.05) is 18.3 Å². The molecule has 0 unspecified atom stereocenters. The van der Waals surface area contributed by atoms with Crippen LogP contribution in [0.15, 0.2) is 11.6 Å². The first-order valence-corrected chi connectivity index (χ1v) is 13.8. The van der Waals surface area contributed by atoms with E-state index in [2.05, 4.69) is 0 Å². The van der Waals surface area contributed by atoms with Gasteiger partial charge in [0.1, 0.15) is 6.10 Å². The number of rotatable bonds is 6. The Morgan fingerprint density at radius 2 is 1.81 bits per heavy atom. The third-order valence-electron chi connectivity index (χ3n) is 10.8. The minimum Gasteiger partial charge on any atom is -0.460 e. The number of ketones is 1. The Kier molecular flexibility index (Phi) is 7.07. The van der Waals surface area contributed by atoms with Crippen LogP contribution in [0.3, 0.4) is 0 Å². The second-order valence-corrected chi connectivity index (χ2v) is 13.8. The molecule has 37 heavy (non-hydrogen) atoms. The fourth-order valence-corrected chi connectivity index (χ4v) is 8.65. The Hall–Kier alpha value is -1.32. The van der Waals surface area contributed by atoms with Crippen LogP contribution >= 0.6 is 0 Å². The maximum Gasteiger partial charge on any atom is 0.302 e. The molecule has 0 amide bonds. The molecule has 0 heterocycles. The number of aliphatic hydroxyl groups excluding tert-OH is 2. The zero-order chi connectivity index (χ0) is 27.8. The molecule has 8 nitrogen and oxygen atoms in total. The number of hydrogen-bond acceptors (Lipinski definition) is 8. The number of ether oxygens (including phenoxy) is 1. The highest BCUT2D eigenvalue weighted by atomic mass is 16.6. The summed E-state index contributed by atoms with van der Waals surface area (Å²) in [4.78, 5) is 25.0. The van der Waals surface area contributed by atoms with Crippen molar-refractivity contribution in [2.24, 2.45) is 28.6 Å². The van der Waals surface area contributed by atoms with Crippen LogP contribution in [-0.4, -0.2) is 72.4 Å². The summed E-state index contributed by atoms with van der Waals surface area (Å²) in [7, 11) is 0. The zero-order valence-electron chi connectivity index (χ0n) is 23.2. The van der Waals surface area contributed by atoms with Crippen molar-refractivity contribution >= 4 is 11.8 Å². The second kappa shape index (κ2) is 9.12. The lowest BCUT2D eigenvalue weighted by Crippen LogP contribution is -2.63. The van der Waals surface area contributed by atoms with Crippen molar-refractivity contribution in [2.45, 2.75) is 128 Å². The monoisotopic (exact) mass is 522 g/mol. The van der Waals surface area contributed by atoms with Gasteiger partial charge in [-0.15, -0.1) is 0 Å². The fourth-order valence-electron chi connectivity index (χ4n) is 8.65. The van der Waals surface area contributed by atoms with Gasteiger partial charge in [-0.1, -0.05) is 13.8 Å². The van der Waals surface area contributed by atoms with Gasteiger partial charge in [0.25, 0.3) is 0 Å². The Balaban J connectivity index is 1.64. The molecule has 0 saturated heterocycles. The predicted octanol–water partition coefficient (Wildman–Crippen LogP) is 2.42. The van der Waals surface area contributed by atoms with Crippen molar-refractivity contribution in [1.29, 1.82) is 0 Å². The summed E-state index contributed by atoms with van der Waals surface area (Å²) in [5.74, 6) is -1.54. The average molecular weight is 523 g/mol. The summed E-state index contributed by atoms with van der Waals surface area (Å²) < 4.78 is 5.32. The van der Waals surface area contributed by atoms with Crippen molar-refractivity contribution < 1.29 is 39.9 Å². The molecule has 4 aliphatic carbocycles. The zero-order valence-corrected chi connectivity index (χ0v) is 23.2. The van der Waals surface area contributed by atoms with Crippen LogP contribution in [0.2, 0.25) is 0 Å². The first-order valence-electron chi connectivity index (χ1n) is 13.8. The third kappa shape index (κ3) is 4.50. The molecule has 4 aliphatic rings. The van der Waals surface area contributed by atoms with Crippen LogP contribution in [-0.2, 0) is 14.3 Å². The van der Waals surface area contributed by atoms with E-state index in [4.69, 9.17) is 4.74 Å². The number of esters is 1. The van der Waals surface area contributed by atoms with Crippen molar-refractivity contribution in [3.8, 4) is 0 Å². The Morgan fingerprint density at radius 1 is 1.16 bits per heavy atom. The molecule has 3 saturated carbocycles. The van der Waals surface area contributed by atoms with E-state index in [1.165, 1.54) is 6.92 Å². The maximum atomic E-state index is 13.5. The molecule has 0 aromatic carbocycles. The van der Waals surface area contributed by atoms with Crippen LogP contribution in [0.25, 0.3) is 0 Å². The summed E-state index contributed by atoms with van der Waals surface area (Å²) in [5.41, 5.74) is -4.42. The normalized spacial score (nSPS) is 44.1. The Bertz CT molecular complexity index is 965. The Labute approximate surface area is 220 Å². The van der Waals surface area contributed by atoms with E-state index in [0.717, 1.165) is 0 Å². The highest BCUT2D eigenvalue weighted by Crippen LogP contribution is 2.68. The number of allylic oxidation sites excluding steroid dienone is 1. The smallest absolute Gasteiger partial charge is 0.302 e. The van der Waals surface area contributed by atoms with E-state index in [1.54, 1.807) is 26.8 Å². The van der Waals surface area contributed by atoms with E-state index in [-0.39, 0.29) is 24.5 Å². The molecular formula is C29H46O8. The fraction of sp³-hybridized carbons (Fsp3) is 0.862. The lowest BCUT2D eigenvalue weighted by molar-refractivity contribution is -0.182. The summed E-state index contributed by atoms with van der Waals surface area (Å²) in [6.07, 6.45) is 2.19. The number of hydrogen-bond donors (Lipinski definition) is 5.